The molecule has 1 N–H and O–H groups in total. The Hall–Kier alpha value is -3.47. The van der Waals surface area contributed by atoms with Crippen LogP contribution in [0, 0.1) is 0 Å². The van der Waals surface area contributed by atoms with Gasteiger partial charge in [-0.3, -0.25) is 0 Å². The molecule has 0 saturated heterocycles. The summed E-state index contributed by atoms with van der Waals surface area (Å²) in [5, 5.41) is 1.14. The quantitative estimate of drug-likeness (QED) is 0.533. The van der Waals surface area contributed by atoms with E-state index in [4.69, 9.17) is 4.98 Å². The first-order chi connectivity index (χ1) is 12.9. The van der Waals surface area contributed by atoms with Crippen LogP contribution in [0.5, 0.6) is 0 Å². The highest BCUT2D eigenvalue weighted by Gasteiger charge is 2.09. The molecule has 3 aromatic heterocycles. The van der Waals surface area contributed by atoms with Crippen molar-refractivity contribution in [1.82, 2.24) is 24.5 Å². The van der Waals surface area contributed by atoms with Crippen LogP contribution in [-0.2, 0) is 13.0 Å². The van der Waals surface area contributed by atoms with E-state index in [0.717, 1.165) is 52.2 Å². The van der Waals surface area contributed by atoms with Crippen molar-refractivity contribution in [2.45, 2.75) is 13.0 Å². The van der Waals surface area contributed by atoms with Crippen molar-refractivity contribution in [2.75, 3.05) is 0 Å². The Morgan fingerprint density at radius 1 is 0.846 bits per heavy atom. The molecule has 0 aliphatic carbocycles. The molecule has 0 amide bonds. The van der Waals surface area contributed by atoms with Gasteiger partial charge in [-0.05, 0) is 24.3 Å². The third-order valence-corrected chi connectivity index (χ3v) is 4.57. The molecule has 2 aromatic carbocycles. The fraction of sp³-hybridized carbons (Fsp3) is 0.0952. The zero-order valence-electron chi connectivity index (χ0n) is 14.1. The van der Waals surface area contributed by atoms with Gasteiger partial charge in [-0.15, -0.1) is 0 Å². The van der Waals surface area contributed by atoms with Gasteiger partial charge >= 0.3 is 0 Å². The van der Waals surface area contributed by atoms with Crippen LogP contribution in [0.4, 0.5) is 0 Å². The molecule has 0 aliphatic heterocycles. The number of aromatic nitrogens is 5. The maximum absolute atomic E-state index is 4.76. The van der Waals surface area contributed by atoms with Crippen LogP contribution in [0.25, 0.3) is 33.5 Å². The van der Waals surface area contributed by atoms with Crippen molar-refractivity contribution in [3.63, 3.8) is 0 Å². The number of H-pyrrole nitrogens is 1. The molecule has 0 spiro atoms. The van der Waals surface area contributed by atoms with Gasteiger partial charge in [0.2, 0.25) is 0 Å². The average molecular weight is 339 g/mol. The smallest absolute Gasteiger partial charge is 0.158 e. The highest BCUT2D eigenvalue weighted by Crippen LogP contribution is 2.20. The molecule has 0 aliphatic rings. The molecule has 5 rings (SSSR count). The lowest BCUT2D eigenvalue weighted by atomic mass is 10.2. The minimum Gasteiger partial charge on any atom is -0.342 e. The van der Waals surface area contributed by atoms with Crippen LogP contribution in [0.2, 0.25) is 0 Å². The topological polar surface area (TPSA) is 59.4 Å². The second kappa shape index (κ2) is 6.11. The van der Waals surface area contributed by atoms with Gasteiger partial charge < -0.3 is 9.55 Å². The number of aryl methyl sites for hydroxylation is 2. The number of fused-ring (bicyclic) bond motifs is 2. The average Bonchev–Trinajstić information content (AvgIpc) is 3.32. The summed E-state index contributed by atoms with van der Waals surface area (Å²) in [6.45, 7) is 0.795. The normalized spacial score (nSPS) is 11.4. The first kappa shape index (κ1) is 14.8. The van der Waals surface area contributed by atoms with Crippen LogP contribution in [0.15, 0.2) is 73.1 Å². The van der Waals surface area contributed by atoms with Gasteiger partial charge in [0.05, 0.1) is 16.6 Å². The SMILES string of the molecule is c1ccc2nc(-c3nccn3CCc3nc4ccccc4[nH]3)ccc2c1. The number of para-hydroxylation sites is 3. The molecule has 3 heterocycles. The largest absolute Gasteiger partial charge is 0.342 e. The van der Waals surface area contributed by atoms with Gasteiger partial charge in [0.25, 0.3) is 0 Å². The summed E-state index contributed by atoms with van der Waals surface area (Å²) >= 11 is 0. The predicted molar refractivity (Wildman–Crippen MR) is 103 cm³/mol. The van der Waals surface area contributed by atoms with Crippen molar-refractivity contribution >= 4 is 21.9 Å². The summed E-state index contributed by atoms with van der Waals surface area (Å²) in [4.78, 5) is 17.3. The van der Waals surface area contributed by atoms with Gasteiger partial charge in [0.1, 0.15) is 11.5 Å². The second-order valence-electron chi connectivity index (χ2n) is 6.28. The number of benzene rings is 2. The second-order valence-corrected chi connectivity index (χ2v) is 6.28. The zero-order valence-corrected chi connectivity index (χ0v) is 14.1. The Bertz CT molecular complexity index is 1170. The molecule has 126 valence electrons. The monoisotopic (exact) mass is 339 g/mol. The summed E-state index contributed by atoms with van der Waals surface area (Å²) in [7, 11) is 0. The summed E-state index contributed by atoms with van der Waals surface area (Å²) in [5.74, 6) is 1.86. The lowest BCUT2D eigenvalue weighted by Gasteiger charge is -2.07. The van der Waals surface area contributed by atoms with Crippen LogP contribution in [0.3, 0.4) is 0 Å². The van der Waals surface area contributed by atoms with E-state index in [2.05, 4.69) is 31.7 Å². The van der Waals surface area contributed by atoms with E-state index in [0.29, 0.717) is 0 Å². The Balaban J connectivity index is 1.43. The van der Waals surface area contributed by atoms with Gasteiger partial charge in [-0.25, -0.2) is 15.0 Å². The van der Waals surface area contributed by atoms with Crippen LogP contribution in [0.1, 0.15) is 5.82 Å². The number of imidazole rings is 2. The lowest BCUT2D eigenvalue weighted by Crippen LogP contribution is -2.04. The maximum Gasteiger partial charge on any atom is 0.158 e. The van der Waals surface area contributed by atoms with E-state index < -0.39 is 0 Å². The highest BCUT2D eigenvalue weighted by molar-refractivity contribution is 5.80. The fourth-order valence-corrected chi connectivity index (χ4v) is 3.26. The van der Waals surface area contributed by atoms with Crippen molar-refractivity contribution < 1.29 is 0 Å². The van der Waals surface area contributed by atoms with Gasteiger partial charge in [-0.1, -0.05) is 36.4 Å². The fourth-order valence-electron chi connectivity index (χ4n) is 3.26. The Morgan fingerprint density at radius 2 is 1.69 bits per heavy atom. The van der Waals surface area contributed by atoms with E-state index in [1.54, 1.807) is 0 Å². The summed E-state index contributed by atoms with van der Waals surface area (Å²) in [6.07, 6.45) is 4.63. The van der Waals surface area contributed by atoms with Gasteiger partial charge in [0.15, 0.2) is 5.82 Å². The molecule has 5 heteroatoms. The Labute approximate surface area is 150 Å². The van der Waals surface area contributed by atoms with E-state index in [-0.39, 0.29) is 0 Å². The van der Waals surface area contributed by atoms with Crippen molar-refractivity contribution in [3.8, 4) is 11.5 Å². The number of rotatable bonds is 4. The van der Waals surface area contributed by atoms with E-state index in [1.807, 2.05) is 60.9 Å². The molecule has 26 heavy (non-hydrogen) atoms. The molecule has 0 atom stereocenters. The number of hydrogen-bond acceptors (Lipinski definition) is 3. The van der Waals surface area contributed by atoms with E-state index in [9.17, 15) is 0 Å². The molecule has 0 saturated carbocycles. The number of nitrogens with zero attached hydrogens (tertiary/aromatic N) is 4. The van der Waals surface area contributed by atoms with E-state index >= 15 is 0 Å². The van der Waals surface area contributed by atoms with E-state index in [1.165, 1.54) is 0 Å². The third-order valence-electron chi connectivity index (χ3n) is 4.57. The summed E-state index contributed by atoms with van der Waals surface area (Å²) in [5.41, 5.74) is 3.95. The summed E-state index contributed by atoms with van der Waals surface area (Å²) < 4.78 is 2.13. The zero-order chi connectivity index (χ0) is 17.3. The first-order valence-electron chi connectivity index (χ1n) is 8.68. The third kappa shape index (κ3) is 2.63. The number of aromatic amines is 1. The minimum atomic E-state index is 0.795. The molecule has 0 bridgehead atoms. The van der Waals surface area contributed by atoms with Crippen molar-refractivity contribution in [1.29, 1.82) is 0 Å². The van der Waals surface area contributed by atoms with Crippen LogP contribution >= 0.6 is 0 Å². The maximum atomic E-state index is 4.76. The van der Waals surface area contributed by atoms with Crippen LogP contribution < -0.4 is 0 Å². The highest BCUT2D eigenvalue weighted by atomic mass is 15.1. The van der Waals surface area contributed by atoms with Gasteiger partial charge in [-0.2, -0.15) is 0 Å². The molecule has 5 nitrogen and oxygen atoms in total. The lowest BCUT2D eigenvalue weighted by molar-refractivity contribution is 0.683. The number of hydrogen-bond donors (Lipinski definition) is 1. The Morgan fingerprint density at radius 3 is 2.62 bits per heavy atom. The summed E-state index contributed by atoms with van der Waals surface area (Å²) in [6, 6.07) is 20.4. The van der Waals surface area contributed by atoms with Crippen molar-refractivity contribution in [3.05, 3.63) is 78.9 Å². The molecule has 0 radical (unpaired) electrons. The number of nitrogens with one attached hydrogen (secondary N) is 1. The number of pyridine rings is 1. The predicted octanol–water partition coefficient (Wildman–Crippen LogP) is 4.22. The van der Waals surface area contributed by atoms with Gasteiger partial charge in [0, 0.05) is 30.7 Å². The first-order valence-corrected chi connectivity index (χ1v) is 8.68. The van der Waals surface area contributed by atoms with Crippen LogP contribution in [-0.4, -0.2) is 24.5 Å². The molecular weight excluding hydrogens is 322 g/mol. The molecular formula is C21H17N5. The molecule has 0 unspecified atom stereocenters. The molecule has 0 fully saturated rings. The minimum absolute atomic E-state index is 0.795. The molecule has 5 aromatic rings. The van der Waals surface area contributed by atoms with Crippen molar-refractivity contribution in [2.24, 2.45) is 0 Å². The standard InChI is InChI=1S/C21H17N5/c1-2-6-16-15(5-1)9-10-19(23-16)21-22-12-14-26(21)13-11-20-24-17-7-3-4-8-18(17)25-20/h1-10,12,14H,11,13H2,(H,24,25). The Kier molecular flexibility index (Phi) is 3.49.